The molecule has 1 saturated carbocycles. The lowest BCUT2D eigenvalue weighted by atomic mass is 9.94. The van der Waals surface area contributed by atoms with Crippen molar-refractivity contribution < 1.29 is 14.0 Å². The fourth-order valence-corrected chi connectivity index (χ4v) is 5.26. The number of amides is 2. The van der Waals surface area contributed by atoms with E-state index in [0.29, 0.717) is 18.5 Å². The SMILES string of the molecule is O=C(NC1CCCCC1)[C@H](Cc1ccccc1)N(Cc1cccc(Br)c1)C(=O)Cc1ccc(F)cc1. The summed E-state index contributed by atoms with van der Waals surface area (Å²) in [5.41, 5.74) is 2.64. The van der Waals surface area contributed by atoms with Crippen LogP contribution in [0.1, 0.15) is 48.8 Å². The predicted octanol–water partition coefficient (Wildman–Crippen LogP) is 6.22. The van der Waals surface area contributed by atoms with Gasteiger partial charge in [-0.2, -0.15) is 0 Å². The van der Waals surface area contributed by atoms with E-state index in [1.54, 1.807) is 17.0 Å². The molecule has 0 bridgehead atoms. The third-order valence-electron chi connectivity index (χ3n) is 6.73. The fraction of sp³-hybridized carbons (Fsp3) is 0.333. The number of carbonyl (C=O) groups excluding carboxylic acids is 2. The lowest BCUT2D eigenvalue weighted by Gasteiger charge is -2.33. The van der Waals surface area contributed by atoms with Gasteiger partial charge in [0, 0.05) is 23.5 Å². The molecule has 1 N–H and O–H groups in total. The first-order valence-corrected chi connectivity index (χ1v) is 13.4. The number of rotatable bonds is 9. The lowest BCUT2D eigenvalue weighted by molar-refractivity contribution is -0.141. The van der Waals surface area contributed by atoms with Crippen molar-refractivity contribution in [3.05, 3.63) is 106 Å². The molecule has 188 valence electrons. The largest absolute Gasteiger partial charge is 0.352 e. The monoisotopic (exact) mass is 550 g/mol. The minimum atomic E-state index is -0.666. The Morgan fingerprint density at radius 3 is 2.28 bits per heavy atom. The summed E-state index contributed by atoms with van der Waals surface area (Å²) >= 11 is 3.52. The number of halogens is 2. The van der Waals surface area contributed by atoms with Gasteiger partial charge in [-0.3, -0.25) is 9.59 Å². The van der Waals surface area contributed by atoms with E-state index in [2.05, 4.69) is 21.2 Å². The van der Waals surface area contributed by atoms with Gasteiger partial charge in [-0.05, 0) is 53.8 Å². The third kappa shape index (κ3) is 7.50. The van der Waals surface area contributed by atoms with Crippen LogP contribution >= 0.6 is 15.9 Å². The zero-order valence-corrected chi connectivity index (χ0v) is 21.9. The molecule has 1 aliphatic carbocycles. The highest BCUT2D eigenvalue weighted by Crippen LogP contribution is 2.21. The number of nitrogens with one attached hydrogen (secondary N) is 1. The number of benzene rings is 3. The Balaban J connectivity index is 1.65. The van der Waals surface area contributed by atoms with E-state index in [4.69, 9.17) is 0 Å². The van der Waals surface area contributed by atoms with Crippen LogP contribution in [0.15, 0.2) is 83.3 Å². The molecule has 0 aliphatic heterocycles. The van der Waals surface area contributed by atoms with E-state index in [1.807, 2.05) is 54.6 Å². The Morgan fingerprint density at radius 1 is 0.889 bits per heavy atom. The van der Waals surface area contributed by atoms with E-state index in [1.165, 1.54) is 18.6 Å². The summed E-state index contributed by atoms with van der Waals surface area (Å²) in [5.74, 6) is -0.625. The maximum absolute atomic E-state index is 13.8. The predicted molar refractivity (Wildman–Crippen MR) is 144 cm³/mol. The Kier molecular flexibility index (Phi) is 9.29. The van der Waals surface area contributed by atoms with Gasteiger partial charge in [-0.25, -0.2) is 4.39 Å². The van der Waals surface area contributed by atoms with Crippen molar-refractivity contribution in [3.8, 4) is 0 Å². The molecule has 3 aromatic carbocycles. The second-order valence-corrected chi connectivity index (χ2v) is 10.4. The summed E-state index contributed by atoms with van der Waals surface area (Å²) < 4.78 is 14.4. The fourth-order valence-electron chi connectivity index (χ4n) is 4.81. The van der Waals surface area contributed by atoms with Gasteiger partial charge >= 0.3 is 0 Å². The van der Waals surface area contributed by atoms with Gasteiger partial charge in [0.15, 0.2) is 0 Å². The molecule has 0 saturated heterocycles. The normalized spacial score (nSPS) is 14.7. The molecule has 0 spiro atoms. The van der Waals surface area contributed by atoms with E-state index in [0.717, 1.165) is 41.3 Å². The molecule has 3 aromatic rings. The third-order valence-corrected chi connectivity index (χ3v) is 7.23. The molecule has 4 rings (SSSR count). The average Bonchev–Trinajstić information content (AvgIpc) is 2.88. The standard InChI is InChI=1S/C30H32BrFN2O2/c31-25-11-7-10-24(18-25)21-34(29(35)20-23-14-16-26(32)17-15-23)28(19-22-8-3-1-4-9-22)30(36)33-27-12-5-2-6-13-27/h1,3-4,7-11,14-18,27-28H,2,5-6,12-13,19-21H2,(H,33,36)/t28-/m0/s1. The van der Waals surface area contributed by atoms with Crippen molar-refractivity contribution in [1.82, 2.24) is 10.2 Å². The van der Waals surface area contributed by atoms with Crippen molar-refractivity contribution >= 4 is 27.7 Å². The Bertz CT molecular complexity index is 1150. The van der Waals surface area contributed by atoms with Crippen molar-refractivity contribution in [2.45, 2.75) is 63.6 Å². The number of hydrogen-bond donors (Lipinski definition) is 1. The van der Waals surface area contributed by atoms with Gasteiger partial charge in [-0.1, -0.05) is 89.8 Å². The average molecular weight is 552 g/mol. The van der Waals surface area contributed by atoms with Crippen molar-refractivity contribution in [2.24, 2.45) is 0 Å². The number of nitrogens with zero attached hydrogens (tertiary/aromatic N) is 1. The van der Waals surface area contributed by atoms with Crippen molar-refractivity contribution in [1.29, 1.82) is 0 Å². The summed E-state index contributed by atoms with van der Waals surface area (Å²) in [6.07, 6.45) is 5.88. The molecule has 36 heavy (non-hydrogen) atoms. The van der Waals surface area contributed by atoms with Gasteiger partial charge in [-0.15, -0.1) is 0 Å². The molecule has 0 unspecified atom stereocenters. The highest BCUT2D eigenvalue weighted by atomic mass is 79.9. The second kappa shape index (κ2) is 12.8. The molecular weight excluding hydrogens is 519 g/mol. The zero-order chi connectivity index (χ0) is 25.3. The molecule has 0 heterocycles. The molecule has 1 atom stereocenters. The second-order valence-electron chi connectivity index (χ2n) is 9.50. The lowest BCUT2D eigenvalue weighted by Crippen LogP contribution is -2.53. The minimum absolute atomic E-state index is 0.0935. The molecule has 2 amide bonds. The van der Waals surface area contributed by atoms with E-state index in [-0.39, 0.29) is 30.1 Å². The first-order chi connectivity index (χ1) is 17.5. The van der Waals surface area contributed by atoms with Crippen molar-refractivity contribution in [2.75, 3.05) is 0 Å². The molecule has 4 nitrogen and oxygen atoms in total. The first-order valence-electron chi connectivity index (χ1n) is 12.6. The van der Waals surface area contributed by atoms with E-state index < -0.39 is 6.04 Å². The van der Waals surface area contributed by atoms with Crippen LogP contribution in [0.25, 0.3) is 0 Å². The highest BCUT2D eigenvalue weighted by molar-refractivity contribution is 9.10. The first kappa shape index (κ1) is 26.1. The van der Waals surface area contributed by atoms with Crippen LogP contribution < -0.4 is 5.32 Å². The van der Waals surface area contributed by atoms with Crippen LogP contribution in [0.2, 0.25) is 0 Å². The summed E-state index contributed by atoms with van der Waals surface area (Å²) in [5, 5.41) is 3.25. The Hall–Kier alpha value is -2.99. The minimum Gasteiger partial charge on any atom is -0.352 e. The molecule has 1 fully saturated rings. The van der Waals surface area contributed by atoms with Crippen LogP contribution in [0.3, 0.4) is 0 Å². The van der Waals surface area contributed by atoms with E-state index >= 15 is 0 Å². The number of hydrogen-bond acceptors (Lipinski definition) is 2. The highest BCUT2D eigenvalue weighted by Gasteiger charge is 2.32. The van der Waals surface area contributed by atoms with Crippen LogP contribution in [-0.4, -0.2) is 28.8 Å². The van der Waals surface area contributed by atoms with Crippen molar-refractivity contribution in [3.63, 3.8) is 0 Å². The topological polar surface area (TPSA) is 49.4 Å². The molecule has 1 aliphatic rings. The summed E-state index contributed by atoms with van der Waals surface area (Å²) in [4.78, 5) is 29.2. The summed E-state index contributed by atoms with van der Waals surface area (Å²) in [6.45, 7) is 0.301. The zero-order valence-electron chi connectivity index (χ0n) is 20.3. The molecular formula is C30H32BrFN2O2. The number of carbonyl (C=O) groups is 2. The Labute approximate surface area is 221 Å². The smallest absolute Gasteiger partial charge is 0.243 e. The van der Waals surface area contributed by atoms with Gasteiger partial charge in [0.25, 0.3) is 0 Å². The van der Waals surface area contributed by atoms with Gasteiger partial charge < -0.3 is 10.2 Å². The van der Waals surface area contributed by atoms with Crippen LogP contribution in [0, 0.1) is 5.82 Å². The van der Waals surface area contributed by atoms with Gasteiger partial charge in [0.1, 0.15) is 11.9 Å². The molecule has 0 radical (unpaired) electrons. The van der Waals surface area contributed by atoms with Gasteiger partial charge in [0.2, 0.25) is 11.8 Å². The van der Waals surface area contributed by atoms with Crippen LogP contribution in [0.5, 0.6) is 0 Å². The summed E-state index contributed by atoms with van der Waals surface area (Å²) in [7, 11) is 0. The molecule has 0 aromatic heterocycles. The van der Waals surface area contributed by atoms with Crippen LogP contribution in [-0.2, 0) is 29.0 Å². The van der Waals surface area contributed by atoms with Crippen LogP contribution in [0.4, 0.5) is 4.39 Å². The maximum Gasteiger partial charge on any atom is 0.243 e. The summed E-state index contributed by atoms with van der Waals surface area (Å²) in [6, 6.07) is 23.1. The maximum atomic E-state index is 13.8. The van der Waals surface area contributed by atoms with E-state index in [9.17, 15) is 14.0 Å². The quantitative estimate of drug-likeness (QED) is 0.343. The molecule has 6 heteroatoms. The Morgan fingerprint density at radius 2 is 1.58 bits per heavy atom. The van der Waals surface area contributed by atoms with Gasteiger partial charge in [0.05, 0.1) is 6.42 Å².